The zero-order chi connectivity index (χ0) is 14.4. The van der Waals surface area contributed by atoms with Crippen LogP contribution in [0.15, 0.2) is 22.9 Å². The number of amides is 1. The first kappa shape index (κ1) is 13.1. The van der Waals surface area contributed by atoms with Crippen LogP contribution < -0.4 is 5.32 Å². The molecule has 0 spiro atoms. The van der Waals surface area contributed by atoms with Gasteiger partial charge in [0.2, 0.25) is 0 Å². The molecule has 6 heteroatoms. The molecular weight excluding hydrogens is 290 g/mol. The molecule has 3 atom stereocenters. The lowest BCUT2D eigenvalue weighted by molar-refractivity contribution is 0.0904. The van der Waals surface area contributed by atoms with E-state index in [9.17, 15) is 4.79 Å². The van der Waals surface area contributed by atoms with Gasteiger partial charge in [0.15, 0.2) is 5.58 Å². The quantitative estimate of drug-likeness (QED) is 0.925. The predicted molar refractivity (Wildman–Crippen MR) is 79.4 cm³/mol. The fourth-order valence-electron chi connectivity index (χ4n) is 3.45. The first-order chi connectivity index (χ1) is 10.2. The van der Waals surface area contributed by atoms with E-state index in [4.69, 9.17) is 16.0 Å². The molecule has 2 aromatic heterocycles. The van der Waals surface area contributed by atoms with Crippen LogP contribution >= 0.6 is 11.6 Å². The van der Waals surface area contributed by atoms with Crippen molar-refractivity contribution >= 4 is 28.5 Å². The molecule has 4 rings (SSSR count). The second-order valence-electron chi connectivity index (χ2n) is 5.97. The Morgan fingerprint density at radius 3 is 3.24 bits per heavy atom. The molecular formula is C15H16ClN3O2. The van der Waals surface area contributed by atoms with E-state index < -0.39 is 0 Å². The Morgan fingerprint density at radius 2 is 2.38 bits per heavy atom. The van der Waals surface area contributed by atoms with Gasteiger partial charge in [0.1, 0.15) is 12.0 Å². The minimum absolute atomic E-state index is 0.137. The Hall–Kier alpha value is -1.59. The smallest absolute Gasteiger partial charge is 0.270 e. The van der Waals surface area contributed by atoms with Crippen LogP contribution in [0.25, 0.3) is 11.0 Å². The van der Waals surface area contributed by atoms with Crippen molar-refractivity contribution in [3.63, 3.8) is 0 Å². The van der Waals surface area contributed by atoms with Crippen LogP contribution in [0.5, 0.6) is 0 Å². The number of aromatic nitrogens is 1. The standard InChI is InChI=1S/C15H16ClN3O2/c16-12-8-21-14-5-17-13(4-11(12)14)15(20)18-10-3-9-1-2-19(6-9)7-10/h4-5,8-10H,1-3,6-7H2,(H,18,20)/t9?,10-/m1/s1. The fourth-order valence-corrected chi connectivity index (χ4v) is 3.64. The summed E-state index contributed by atoms with van der Waals surface area (Å²) in [5.74, 6) is 0.587. The van der Waals surface area contributed by atoms with Gasteiger partial charge in [0.25, 0.3) is 5.91 Å². The number of rotatable bonds is 2. The molecule has 2 saturated heterocycles. The van der Waals surface area contributed by atoms with Crippen LogP contribution in [0.4, 0.5) is 0 Å². The number of nitrogens with zero attached hydrogens (tertiary/aromatic N) is 2. The first-order valence-corrected chi connectivity index (χ1v) is 7.63. The summed E-state index contributed by atoms with van der Waals surface area (Å²) in [6.45, 7) is 3.28. The van der Waals surface area contributed by atoms with Crippen molar-refractivity contribution in [3.05, 3.63) is 29.2 Å². The lowest BCUT2D eigenvalue weighted by atomic mass is 9.97. The summed E-state index contributed by atoms with van der Waals surface area (Å²) >= 11 is 6.03. The Labute approximate surface area is 127 Å². The average Bonchev–Trinajstić information content (AvgIpc) is 3.02. The normalized spacial score (nSPS) is 28.0. The van der Waals surface area contributed by atoms with E-state index in [1.54, 1.807) is 12.3 Å². The van der Waals surface area contributed by atoms with Crippen LogP contribution in [0.3, 0.4) is 0 Å². The first-order valence-electron chi connectivity index (χ1n) is 7.25. The summed E-state index contributed by atoms with van der Waals surface area (Å²) in [5, 5.41) is 4.32. The lowest BCUT2D eigenvalue weighted by Gasteiger charge is -2.30. The number of pyridine rings is 1. The van der Waals surface area contributed by atoms with Gasteiger partial charge in [-0.15, -0.1) is 0 Å². The predicted octanol–water partition coefficient (Wildman–Crippen LogP) is 2.31. The highest BCUT2D eigenvalue weighted by Crippen LogP contribution is 2.27. The number of fused-ring (bicyclic) bond motifs is 3. The van der Waals surface area contributed by atoms with Gasteiger partial charge < -0.3 is 14.6 Å². The summed E-state index contributed by atoms with van der Waals surface area (Å²) in [6.07, 6.45) is 5.32. The summed E-state index contributed by atoms with van der Waals surface area (Å²) in [4.78, 5) is 18.9. The Morgan fingerprint density at radius 1 is 1.48 bits per heavy atom. The van der Waals surface area contributed by atoms with Crippen LogP contribution in [0, 0.1) is 5.92 Å². The molecule has 5 nitrogen and oxygen atoms in total. The second-order valence-corrected chi connectivity index (χ2v) is 6.38. The molecule has 2 bridgehead atoms. The van der Waals surface area contributed by atoms with Crippen LogP contribution in [-0.4, -0.2) is 41.5 Å². The Bertz CT molecular complexity index is 687. The van der Waals surface area contributed by atoms with Gasteiger partial charge in [0, 0.05) is 24.5 Å². The molecule has 1 amide bonds. The molecule has 0 aromatic carbocycles. The maximum absolute atomic E-state index is 12.4. The van der Waals surface area contributed by atoms with E-state index in [-0.39, 0.29) is 11.9 Å². The fraction of sp³-hybridized carbons (Fsp3) is 0.467. The van der Waals surface area contributed by atoms with Crippen LogP contribution in [0.1, 0.15) is 23.3 Å². The number of halogens is 1. The number of piperidine rings is 1. The second kappa shape index (κ2) is 5.00. The lowest BCUT2D eigenvalue weighted by Crippen LogP contribution is -2.47. The third-order valence-corrected chi connectivity index (χ3v) is 4.74. The molecule has 2 aliphatic heterocycles. The van der Waals surface area contributed by atoms with E-state index >= 15 is 0 Å². The molecule has 21 heavy (non-hydrogen) atoms. The van der Waals surface area contributed by atoms with Crippen molar-refractivity contribution in [3.8, 4) is 0 Å². The minimum Gasteiger partial charge on any atom is -0.461 e. The SMILES string of the molecule is O=C(N[C@@H]1CC2CCN(C2)C1)c1cc2c(Cl)coc2cn1. The van der Waals surface area contributed by atoms with E-state index in [0.717, 1.165) is 30.8 Å². The molecule has 110 valence electrons. The highest BCUT2D eigenvalue weighted by molar-refractivity contribution is 6.35. The third kappa shape index (κ3) is 2.40. The third-order valence-electron chi connectivity index (χ3n) is 4.45. The molecule has 2 unspecified atom stereocenters. The van der Waals surface area contributed by atoms with Crippen LogP contribution in [0.2, 0.25) is 5.02 Å². The van der Waals surface area contributed by atoms with Crippen molar-refractivity contribution < 1.29 is 9.21 Å². The number of furan rings is 1. The number of nitrogens with one attached hydrogen (secondary N) is 1. The average molecular weight is 306 g/mol. The van der Waals surface area contributed by atoms with Crippen molar-refractivity contribution in [2.75, 3.05) is 19.6 Å². The number of carbonyl (C=O) groups excluding carboxylic acids is 1. The zero-order valence-corrected chi connectivity index (χ0v) is 12.3. The Kier molecular flexibility index (Phi) is 3.12. The van der Waals surface area contributed by atoms with Crippen molar-refractivity contribution in [2.24, 2.45) is 5.92 Å². The molecule has 2 aromatic rings. The minimum atomic E-state index is -0.137. The molecule has 4 heterocycles. The number of hydrogen-bond acceptors (Lipinski definition) is 4. The van der Waals surface area contributed by atoms with E-state index in [1.165, 1.54) is 19.2 Å². The number of hydrogen-bond donors (Lipinski definition) is 1. The highest BCUT2D eigenvalue weighted by Gasteiger charge is 2.33. The zero-order valence-electron chi connectivity index (χ0n) is 11.5. The Balaban J connectivity index is 1.52. The largest absolute Gasteiger partial charge is 0.461 e. The monoisotopic (exact) mass is 305 g/mol. The van der Waals surface area contributed by atoms with E-state index in [0.29, 0.717) is 16.3 Å². The summed E-state index contributed by atoms with van der Waals surface area (Å²) < 4.78 is 5.24. The molecule has 0 saturated carbocycles. The maximum Gasteiger partial charge on any atom is 0.270 e. The maximum atomic E-state index is 12.4. The van der Waals surface area contributed by atoms with Gasteiger partial charge in [-0.25, -0.2) is 4.98 Å². The molecule has 1 N–H and O–H groups in total. The van der Waals surface area contributed by atoms with Crippen molar-refractivity contribution in [1.82, 2.24) is 15.2 Å². The van der Waals surface area contributed by atoms with Gasteiger partial charge in [-0.3, -0.25) is 4.79 Å². The van der Waals surface area contributed by atoms with E-state index in [1.807, 2.05) is 0 Å². The number of carbonyl (C=O) groups is 1. The molecule has 0 radical (unpaired) electrons. The van der Waals surface area contributed by atoms with Gasteiger partial charge in [-0.2, -0.15) is 0 Å². The topological polar surface area (TPSA) is 58.4 Å². The van der Waals surface area contributed by atoms with E-state index in [2.05, 4.69) is 15.2 Å². The van der Waals surface area contributed by atoms with Gasteiger partial charge in [0.05, 0.1) is 11.2 Å². The molecule has 0 aliphatic carbocycles. The highest BCUT2D eigenvalue weighted by atomic mass is 35.5. The van der Waals surface area contributed by atoms with Crippen molar-refractivity contribution in [2.45, 2.75) is 18.9 Å². The summed E-state index contributed by atoms with van der Waals surface area (Å²) in [6, 6.07) is 1.91. The van der Waals surface area contributed by atoms with Crippen LogP contribution in [-0.2, 0) is 0 Å². The van der Waals surface area contributed by atoms with Gasteiger partial charge >= 0.3 is 0 Å². The molecule has 2 aliphatic rings. The van der Waals surface area contributed by atoms with Gasteiger partial charge in [-0.1, -0.05) is 11.6 Å². The molecule has 2 fully saturated rings. The van der Waals surface area contributed by atoms with Gasteiger partial charge in [-0.05, 0) is 31.4 Å². The summed E-state index contributed by atoms with van der Waals surface area (Å²) in [5.41, 5.74) is 0.983. The summed E-state index contributed by atoms with van der Waals surface area (Å²) in [7, 11) is 0. The van der Waals surface area contributed by atoms with Crippen molar-refractivity contribution in [1.29, 1.82) is 0 Å².